The van der Waals surface area contributed by atoms with Crippen molar-refractivity contribution in [3.05, 3.63) is 87.7 Å². The molecule has 0 atom stereocenters. The molecule has 0 unspecified atom stereocenters. The molecule has 0 aliphatic heterocycles. The van der Waals surface area contributed by atoms with E-state index in [4.69, 9.17) is 0 Å². The summed E-state index contributed by atoms with van der Waals surface area (Å²) in [6, 6.07) is 15.3. The van der Waals surface area contributed by atoms with Crippen LogP contribution in [0.3, 0.4) is 0 Å². The third kappa shape index (κ3) is 3.64. The number of nitro groups is 1. The number of amides is 1. The summed E-state index contributed by atoms with van der Waals surface area (Å²) in [5.41, 5.74) is 5.03. The lowest BCUT2D eigenvalue weighted by Gasteiger charge is -2.04. The molecule has 0 bridgehead atoms. The number of carbonyl (C=O) groups is 1. The van der Waals surface area contributed by atoms with Crippen molar-refractivity contribution in [3.63, 3.8) is 0 Å². The lowest BCUT2D eigenvalue weighted by Crippen LogP contribution is -2.18. The number of nitrogens with one attached hydrogen (secondary N) is 1. The highest BCUT2D eigenvalue weighted by atomic mass is 16.6. The van der Waals surface area contributed by atoms with Gasteiger partial charge < -0.3 is 0 Å². The van der Waals surface area contributed by atoms with E-state index in [1.807, 2.05) is 30.3 Å². The van der Waals surface area contributed by atoms with Gasteiger partial charge in [-0.3, -0.25) is 14.9 Å². The average Bonchev–Trinajstić information content (AvgIpc) is 3.04. The Kier molecular flexibility index (Phi) is 4.84. The van der Waals surface area contributed by atoms with E-state index in [-0.39, 0.29) is 11.6 Å². The van der Waals surface area contributed by atoms with E-state index >= 15 is 0 Å². The second-order valence-electron chi connectivity index (χ2n) is 5.44. The summed E-state index contributed by atoms with van der Waals surface area (Å²) in [6.07, 6.45) is 2.90. The van der Waals surface area contributed by atoms with Crippen molar-refractivity contribution in [2.24, 2.45) is 5.10 Å². The highest BCUT2D eigenvalue weighted by Gasteiger charge is 2.14. The molecule has 2 aromatic carbocycles. The maximum absolute atomic E-state index is 12.3. The first kappa shape index (κ1) is 17.0. The minimum absolute atomic E-state index is 0.00450. The second kappa shape index (κ2) is 7.39. The Labute approximate surface area is 148 Å². The predicted molar refractivity (Wildman–Crippen MR) is 96.5 cm³/mol. The number of hydrogen-bond acceptors (Lipinski definition) is 5. The Morgan fingerprint density at radius 3 is 2.54 bits per heavy atom. The van der Waals surface area contributed by atoms with E-state index in [0.29, 0.717) is 16.8 Å². The van der Waals surface area contributed by atoms with E-state index in [1.165, 1.54) is 24.5 Å². The maximum Gasteiger partial charge on any atom is 0.274 e. The van der Waals surface area contributed by atoms with Crippen LogP contribution in [0.4, 0.5) is 5.69 Å². The fourth-order valence-electron chi connectivity index (χ4n) is 2.37. The number of nitrogens with zero attached hydrogens (tertiary/aromatic N) is 4. The largest absolute Gasteiger partial charge is 0.274 e. The molecule has 0 aliphatic carbocycles. The molecule has 1 heterocycles. The maximum atomic E-state index is 12.3. The first-order valence-electron chi connectivity index (χ1n) is 7.74. The fraction of sp³-hybridized carbons (Fsp3) is 0.0556. The van der Waals surface area contributed by atoms with Crippen LogP contribution in [0.5, 0.6) is 0 Å². The third-order valence-corrected chi connectivity index (χ3v) is 3.74. The van der Waals surface area contributed by atoms with Gasteiger partial charge in [-0.05, 0) is 36.8 Å². The molecule has 1 N–H and O–H groups in total. The van der Waals surface area contributed by atoms with Crippen molar-refractivity contribution in [3.8, 4) is 5.69 Å². The molecule has 0 saturated carbocycles. The molecule has 26 heavy (non-hydrogen) atoms. The van der Waals surface area contributed by atoms with Gasteiger partial charge in [0.2, 0.25) is 0 Å². The van der Waals surface area contributed by atoms with E-state index in [2.05, 4.69) is 15.6 Å². The standard InChI is InChI=1S/C18H15N5O3/c1-13-17(12-20-22(13)15-5-3-2-4-6-15)18(24)21-19-11-14-7-9-16(10-8-14)23(25)26/h2-12H,1H3,(H,21,24)/b19-11+. The van der Waals surface area contributed by atoms with Crippen LogP contribution in [0.25, 0.3) is 5.69 Å². The summed E-state index contributed by atoms with van der Waals surface area (Å²) >= 11 is 0. The summed E-state index contributed by atoms with van der Waals surface area (Å²) in [5.74, 6) is -0.386. The first-order valence-corrected chi connectivity index (χ1v) is 7.74. The average molecular weight is 349 g/mol. The number of para-hydroxylation sites is 1. The molecule has 1 amide bonds. The highest BCUT2D eigenvalue weighted by molar-refractivity contribution is 5.95. The van der Waals surface area contributed by atoms with Crippen molar-refractivity contribution in [1.29, 1.82) is 0 Å². The van der Waals surface area contributed by atoms with E-state index in [1.54, 1.807) is 23.7 Å². The fourth-order valence-corrected chi connectivity index (χ4v) is 2.37. The van der Waals surface area contributed by atoms with Crippen LogP contribution in [0.15, 0.2) is 65.9 Å². The van der Waals surface area contributed by atoms with E-state index in [9.17, 15) is 14.9 Å². The van der Waals surface area contributed by atoms with Gasteiger partial charge >= 0.3 is 0 Å². The summed E-state index contributed by atoms with van der Waals surface area (Å²) in [5, 5.41) is 18.7. The van der Waals surface area contributed by atoms with Gasteiger partial charge in [0.05, 0.1) is 34.3 Å². The molecule has 3 aromatic rings. The number of nitro benzene ring substituents is 1. The third-order valence-electron chi connectivity index (χ3n) is 3.74. The van der Waals surface area contributed by atoms with Gasteiger partial charge in [-0.2, -0.15) is 10.2 Å². The van der Waals surface area contributed by atoms with Crippen LogP contribution in [0.2, 0.25) is 0 Å². The minimum atomic E-state index is -0.476. The number of hydrogen-bond donors (Lipinski definition) is 1. The first-order chi connectivity index (χ1) is 12.6. The topological polar surface area (TPSA) is 102 Å². The minimum Gasteiger partial charge on any atom is -0.267 e. The van der Waals surface area contributed by atoms with Crippen molar-refractivity contribution in [2.45, 2.75) is 6.92 Å². The van der Waals surface area contributed by atoms with Crippen LogP contribution < -0.4 is 5.43 Å². The van der Waals surface area contributed by atoms with E-state index in [0.717, 1.165) is 5.69 Å². The highest BCUT2D eigenvalue weighted by Crippen LogP contribution is 2.14. The molecule has 0 radical (unpaired) electrons. The Bertz CT molecular complexity index is 962. The van der Waals surface area contributed by atoms with Crippen LogP contribution >= 0.6 is 0 Å². The summed E-state index contributed by atoms with van der Waals surface area (Å²) in [4.78, 5) is 22.4. The van der Waals surface area contributed by atoms with Crippen molar-refractivity contribution >= 4 is 17.8 Å². The predicted octanol–water partition coefficient (Wildman–Crippen LogP) is 2.85. The molecular formula is C18H15N5O3. The van der Waals surface area contributed by atoms with Gasteiger partial charge in [0.25, 0.3) is 11.6 Å². The Morgan fingerprint density at radius 1 is 1.19 bits per heavy atom. The molecule has 1 aromatic heterocycles. The van der Waals surface area contributed by atoms with Gasteiger partial charge in [-0.25, -0.2) is 10.1 Å². The molecule has 8 heteroatoms. The Hall–Kier alpha value is -3.81. The Balaban J connectivity index is 1.69. The zero-order chi connectivity index (χ0) is 18.5. The zero-order valence-electron chi connectivity index (χ0n) is 13.9. The molecule has 130 valence electrons. The normalized spacial score (nSPS) is 10.8. The van der Waals surface area contributed by atoms with Crippen LogP contribution in [0.1, 0.15) is 21.6 Å². The molecule has 0 spiro atoms. The van der Waals surface area contributed by atoms with Crippen LogP contribution in [-0.4, -0.2) is 26.8 Å². The second-order valence-corrected chi connectivity index (χ2v) is 5.44. The van der Waals surface area contributed by atoms with E-state index < -0.39 is 4.92 Å². The van der Waals surface area contributed by atoms with Gasteiger partial charge in [0.1, 0.15) is 0 Å². The van der Waals surface area contributed by atoms with Gasteiger partial charge in [0.15, 0.2) is 0 Å². The molecule has 0 saturated heterocycles. The quantitative estimate of drug-likeness (QED) is 0.434. The number of aromatic nitrogens is 2. The number of rotatable bonds is 5. The van der Waals surface area contributed by atoms with Gasteiger partial charge in [0, 0.05) is 12.1 Å². The molecule has 0 aliphatic rings. The molecule has 0 fully saturated rings. The number of benzene rings is 2. The smallest absolute Gasteiger partial charge is 0.267 e. The Morgan fingerprint density at radius 2 is 1.88 bits per heavy atom. The SMILES string of the molecule is Cc1c(C(=O)N/N=C/c2ccc([N+](=O)[O-])cc2)cnn1-c1ccccc1. The number of non-ortho nitro benzene ring substituents is 1. The van der Waals surface area contributed by atoms with Crippen molar-refractivity contribution in [1.82, 2.24) is 15.2 Å². The lowest BCUT2D eigenvalue weighted by atomic mass is 10.2. The van der Waals surface area contributed by atoms with Crippen molar-refractivity contribution in [2.75, 3.05) is 0 Å². The van der Waals surface area contributed by atoms with Crippen LogP contribution in [0, 0.1) is 17.0 Å². The lowest BCUT2D eigenvalue weighted by molar-refractivity contribution is -0.384. The van der Waals surface area contributed by atoms with Gasteiger partial charge in [-0.15, -0.1) is 0 Å². The summed E-state index contributed by atoms with van der Waals surface area (Å²) in [7, 11) is 0. The monoisotopic (exact) mass is 349 g/mol. The molecular weight excluding hydrogens is 334 g/mol. The number of hydrazone groups is 1. The summed E-state index contributed by atoms with van der Waals surface area (Å²) in [6.45, 7) is 1.80. The molecule has 8 nitrogen and oxygen atoms in total. The zero-order valence-corrected chi connectivity index (χ0v) is 13.9. The van der Waals surface area contributed by atoms with Crippen molar-refractivity contribution < 1.29 is 9.72 Å². The summed E-state index contributed by atoms with van der Waals surface area (Å²) < 4.78 is 1.68. The molecule has 3 rings (SSSR count). The number of carbonyl (C=O) groups excluding carboxylic acids is 1. The van der Waals surface area contributed by atoms with Gasteiger partial charge in [-0.1, -0.05) is 18.2 Å². The van der Waals surface area contributed by atoms with Crippen LogP contribution in [-0.2, 0) is 0 Å².